The summed E-state index contributed by atoms with van der Waals surface area (Å²) >= 11 is 0. The van der Waals surface area contributed by atoms with Crippen molar-refractivity contribution in [1.82, 2.24) is 0 Å². The molecular formula is C12H16N2O3. The van der Waals surface area contributed by atoms with Crippen LogP contribution in [0.1, 0.15) is 6.42 Å². The van der Waals surface area contributed by atoms with Crippen LogP contribution >= 0.6 is 0 Å². The van der Waals surface area contributed by atoms with Crippen LogP contribution in [0.5, 0.6) is 11.5 Å². The van der Waals surface area contributed by atoms with E-state index in [4.69, 9.17) is 20.3 Å². The molecule has 3 N–H and O–H groups in total. The Morgan fingerprint density at radius 2 is 2.18 bits per heavy atom. The van der Waals surface area contributed by atoms with E-state index in [0.717, 1.165) is 30.9 Å². The summed E-state index contributed by atoms with van der Waals surface area (Å²) in [7, 11) is 0. The van der Waals surface area contributed by atoms with Gasteiger partial charge in [0.05, 0.1) is 11.4 Å². The summed E-state index contributed by atoms with van der Waals surface area (Å²) in [5, 5.41) is 9.17. The molecule has 2 heterocycles. The third-order valence-electron chi connectivity index (χ3n) is 3.41. The fourth-order valence-corrected chi connectivity index (χ4v) is 2.45. The van der Waals surface area contributed by atoms with Gasteiger partial charge >= 0.3 is 0 Å². The molecule has 0 amide bonds. The van der Waals surface area contributed by atoms with E-state index in [1.54, 1.807) is 0 Å². The van der Waals surface area contributed by atoms with E-state index in [9.17, 15) is 0 Å². The Kier molecular flexibility index (Phi) is 2.48. The van der Waals surface area contributed by atoms with E-state index in [-0.39, 0.29) is 13.4 Å². The molecular weight excluding hydrogens is 220 g/mol. The Bertz CT molecular complexity index is 436. The van der Waals surface area contributed by atoms with Gasteiger partial charge in [0, 0.05) is 25.6 Å². The fraction of sp³-hybridized carbons (Fsp3) is 0.500. The summed E-state index contributed by atoms with van der Waals surface area (Å²) in [6, 6.07) is 3.80. The molecule has 0 radical (unpaired) electrons. The topological polar surface area (TPSA) is 68.0 Å². The molecule has 3 rings (SSSR count). The van der Waals surface area contributed by atoms with Crippen LogP contribution in [-0.2, 0) is 0 Å². The number of nitrogens with zero attached hydrogens (tertiary/aromatic N) is 1. The average Bonchev–Trinajstić information content (AvgIpc) is 2.98. The summed E-state index contributed by atoms with van der Waals surface area (Å²) in [6.45, 7) is 2.26. The van der Waals surface area contributed by atoms with Crippen molar-refractivity contribution in [3.8, 4) is 11.5 Å². The average molecular weight is 236 g/mol. The number of hydrogen-bond donors (Lipinski definition) is 2. The molecule has 0 aromatic heterocycles. The lowest BCUT2D eigenvalue weighted by molar-refractivity contribution is 0.174. The first kappa shape index (κ1) is 10.5. The van der Waals surface area contributed by atoms with Crippen molar-refractivity contribution in [1.29, 1.82) is 0 Å². The van der Waals surface area contributed by atoms with E-state index < -0.39 is 0 Å². The van der Waals surface area contributed by atoms with Crippen molar-refractivity contribution in [2.24, 2.45) is 5.92 Å². The second-order valence-corrected chi connectivity index (χ2v) is 4.52. The first-order valence-corrected chi connectivity index (χ1v) is 5.83. The van der Waals surface area contributed by atoms with Gasteiger partial charge in [-0.3, -0.25) is 0 Å². The highest BCUT2D eigenvalue weighted by Gasteiger charge is 2.28. The summed E-state index contributed by atoms with van der Waals surface area (Å²) in [5.41, 5.74) is 7.46. The molecule has 1 fully saturated rings. The molecule has 5 heteroatoms. The molecule has 0 aliphatic carbocycles. The molecule has 0 bridgehead atoms. The van der Waals surface area contributed by atoms with E-state index in [2.05, 4.69) is 4.90 Å². The zero-order valence-electron chi connectivity index (χ0n) is 9.56. The molecule has 0 spiro atoms. The molecule has 0 saturated carbocycles. The Balaban J connectivity index is 1.92. The highest BCUT2D eigenvalue weighted by molar-refractivity contribution is 5.74. The van der Waals surface area contributed by atoms with Crippen LogP contribution in [-0.4, -0.2) is 31.6 Å². The van der Waals surface area contributed by atoms with Crippen molar-refractivity contribution < 1.29 is 14.6 Å². The van der Waals surface area contributed by atoms with Gasteiger partial charge in [0.25, 0.3) is 0 Å². The van der Waals surface area contributed by atoms with Gasteiger partial charge in [-0.2, -0.15) is 0 Å². The van der Waals surface area contributed by atoms with Crippen molar-refractivity contribution >= 4 is 11.4 Å². The van der Waals surface area contributed by atoms with E-state index in [1.807, 2.05) is 12.1 Å². The maximum Gasteiger partial charge on any atom is 0.231 e. The predicted octanol–water partition coefficient (Wildman–Crippen LogP) is 0.816. The van der Waals surface area contributed by atoms with Crippen LogP contribution in [0, 0.1) is 5.92 Å². The highest BCUT2D eigenvalue weighted by atomic mass is 16.7. The van der Waals surface area contributed by atoms with Crippen LogP contribution in [0.3, 0.4) is 0 Å². The second kappa shape index (κ2) is 4.00. The Hall–Kier alpha value is -1.62. The lowest BCUT2D eigenvalue weighted by Crippen LogP contribution is -2.21. The minimum absolute atomic E-state index is 0.230. The van der Waals surface area contributed by atoms with Crippen molar-refractivity contribution in [2.75, 3.05) is 37.1 Å². The summed E-state index contributed by atoms with van der Waals surface area (Å²) < 4.78 is 10.8. The van der Waals surface area contributed by atoms with E-state index >= 15 is 0 Å². The maximum absolute atomic E-state index is 9.17. The molecule has 1 aromatic rings. The second-order valence-electron chi connectivity index (χ2n) is 4.52. The fourth-order valence-electron chi connectivity index (χ4n) is 2.45. The number of ether oxygens (including phenoxy) is 2. The smallest absolute Gasteiger partial charge is 0.231 e. The standard InChI is InChI=1S/C12H16N2O3/c13-9-1-2-10(12-11(9)16-7-17-12)14-4-3-8(5-14)6-15/h1-2,8,15H,3-7,13H2. The summed E-state index contributed by atoms with van der Waals surface area (Å²) in [6.07, 6.45) is 1.01. The van der Waals surface area contributed by atoms with Gasteiger partial charge in [0.15, 0.2) is 11.5 Å². The summed E-state index contributed by atoms with van der Waals surface area (Å²) in [4.78, 5) is 2.22. The zero-order chi connectivity index (χ0) is 11.8. The molecule has 17 heavy (non-hydrogen) atoms. The van der Waals surface area contributed by atoms with Crippen molar-refractivity contribution in [2.45, 2.75) is 6.42 Å². The molecule has 1 unspecified atom stereocenters. The third-order valence-corrected chi connectivity index (χ3v) is 3.41. The number of rotatable bonds is 2. The Morgan fingerprint density at radius 3 is 2.94 bits per heavy atom. The zero-order valence-corrected chi connectivity index (χ0v) is 9.56. The van der Waals surface area contributed by atoms with E-state index in [0.29, 0.717) is 17.4 Å². The minimum atomic E-state index is 0.230. The predicted molar refractivity (Wildman–Crippen MR) is 64.4 cm³/mol. The number of nitrogen functional groups attached to an aromatic ring is 1. The maximum atomic E-state index is 9.17. The van der Waals surface area contributed by atoms with Gasteiger partial charge < -0.3 is 25.2 Å². The molecule has 1 aromatic carbocycles. The monoisotopic (exact) mass is 236 g/mol. The van der Waals surface area contributed by atoms with Crippen LogP contribution < -0.4 is 20.1 Å². The number of fused-ring (bicyclic) bond motifs is 1. The highest BCUT2D eigenvalue weighted by Crippen LogP contribution is 2.46. The van der Waals surface area contributed by atoms with Crippen LogP contribution in [0.25, 0.3) is 0 Å². The quantitative estimate of drug-likeness (QED) is 0.744. The lowest BCUT2D eigenvalue weighted by atomic mass is 10.1. The number of nitrogens with two attached hydrogens (primary N) is 1. The molecule has 1 atom stereocenters. The number of hydrogen-bond acceptors (Lipinski definition) is 5. The van der Waals surface area contributed by atoms with Gasteiger partial charge in [-0.1, -0.05) is 0 Å². The number of aliphatic hydroxyl groups excluding tert-OH is 1. The summed E-state index contributed by atoms with van der Waals surface area (Å²) in [5.74, 6) is 1.74. The normalized spacial score (nSPS) is 22.2. The van der Waals surface area contributed by atoms with Gasteiger partial charge in [0.1, 0.15) is 0 Å². The molecule has 5 nitrogen and oxygen atoms in total. The Morgan fingerprint density at radius 1 is 1.35 bits per heavy atom. The number of anilines is 2. The van der Waals surface area contributed by atoms with Crippen LogP contribution in [0.2, 0.25) is 0 Å². The first-order chi connectivity index (χ1) is 8.29. The first-order valence-electron chi connectivity index (χ1n) is 5.83. The van der Waals surface area contributed by atoms with Crippen molar-refractivity contribution in [3.63, 3.8) is 0 Å². The van der Waals surface area contributed by atoms with Gasteiger partial charge in [-0.05, 0) is 18.6 Å². The minimum Gasteiger partial charge on any atom is -0.451 e. The van der Waals surface area contributed by atoms with Gasteiger partial charge in [-0.15, -0.1) is 0 Å². The third kappa shape index (κ3) is 1.67. The largest absolute Gasteiger partial charge is 0.451 e. The Labute approximate surface area is 99.7 Å². The number of benzene rings is 1. The lowest BCUT2D eigenvalue weighted by Gasteiger charge is -2.20. The number of aliphatic hydroxyl groups is 1. The van der Waals surface area contributed by atoms with Crippen LogP contribution in [0.4, 0.5) is 11.4 Å². The molecule has 92 valence electrons. The van der Waals surface area contributed by atoms with Gasteiger partial charge in [0.2, 0.25) is 6.79 Å². The van der Waals surface area contributed by atoms with Gasteiger partial charge in [-0.25, -0.2) is 0 Å². The van der Waals surface area contributed by atoms with Crippen LogP contribution in [0.15, 0.2) is 12.1 Å². The van der Waals surface area contributed by atoms with E-state index in [1.165, 1.54) is 0 Å². The molecule has 2 aliphatic rings. The van der Waals surface area contributed by atoms with Crippen molar-refractivity contribution in [3.05, 3.63) is 12.1 Å². The molecule has 2 aliphatic heterocycles. The SMILES string of the molecule is Nc1ccc(N2CCC(CO)C2)c2c1OCO2. The molecule has 1 saturated heterocycles.